The first-order valence-corrected chi connectivity index (χ1v) is 9.14. The van der Waals surface area contributed by atoms with E-state index in [-0.39, 0.29) is 24.1 Å². The summed E-state index contributed by atoms with van der Waals surface area (Å²) >= 11 is 0. The fourth-order valence-corrected chi connectivity index (χ4v) is 2.74. The lowest BCUT2D eigenvalue weighted by molar-refractivity contribution is -0.116. The van der Waals surface area contributed by atoms with Crippen LogP contribution in [0.1, 0.15) is 26.7 Å². The number of ether oxygens (including phenoxy) is 1. The highest BCUT2D eigenvalue weighted by Crippen LogP contribution is 2.13. The molecule has 1 saturated heterocycles. The molecule has 1 aromatic rings. The molecule has 0 aromatic heterocycles. The van der Waals surface area contributed by atoms with Gasteiger partial charge in [-0.25, -0.2) is 9.18 Å². The molecule has 1 fully saturated rings. The van der Waals surface area contributed by atoms with Gasteiger partial charge in [-0.3, -0.25) is 4.79 Å². The minimum Gasteiger partial charge on any atom is -0.449 e. The Morgan fingerprint density at radius 1 is 1.19 bits per heavy atom. The Morgan fingerprint density at radius 3 is 2.69 bits per heavy atom. The lowest BCUT2D eigenvalue weighted by atomic mass is 10.2. The molecule has 6 nitrogen and oxygen atoms in total. The van der Waals surface area contributed by atoms with Crippen LogP contribution < -0.4 is 5.32 Å². The molecule has 1 N–H and O–H groups in total. The fraction of sp³-hybridized carbons (Fsp3) is 0.579. The van der Waals surface area contributed by atoms with Crippen LogP contribution in [0.25, 0.3) is 0 Å². The zero-order valence-electron chi connectivity index (χ0n) is 15.5. The van der Waals surface area contributed by atoms with Crippen LogP contribution in [0.3, 0.4) is 0 Å². The van der Waals surface area contributed by atoms with E-state index in [0.29, 0.717) is 38.7 Å². The molecule has 2 rings (SSSR count). The molecule has 1 aromatic carbocycles. The summed E-state index contributed by atoms with van der Waals surface area (Å²) in [5.41, 5.74) is 0.201. The van der Waals surface area contributed by atoms with E-state index in [0.717, 1.165) is 13.0 Å². The Hall–Kier alpha value is -2.15. The highest BCUT2D eigenvalue weighted by atomic mass is 19.1. The summed E-state index contributed by atoms with van der Waals surface area (Å²) in [6.07, 6.45) is 0.857. The zero-order chi connectivity index (χ0) is 18.9. The van der Waals surface area contributed by atoms with Crippen molar-refractivity contribution in [1.29, 1.82) is 0 Å². The topological polar surface area (TPSA) is 61.9 Å². The number of para-hydroxylation sites is 1. The molecule has 26 heavy (non-hydrogen) atoms. The number of rotatable bonds is 6. The van der Waals surface area contributed by atoms with Crippen LogP contribution in [0.2, 0.25) is 0 Å². The molecule has 144 valence electrons. The molecular weight excluding hydrogens is 337 g/mol. The summed E-state index contributed by atoms with van der Waals surface area (Å²) < 4.78 is 18.8. The Balaban J connectivity index is 1.73. The predicted octanol–water partition coefficient (Wildman–Crippen LogP) is 2.95. The number of nitrogens with one attached hydrogen (secondary N) is 1. The number of anilines is 1. The van der Waals surface area contributed by atoms with Gasteiger partial charge in [-0.1, -0.05) is 26.0 Å². The molecule has 1 heterocycles. The van der Waals surface area contributed by atoms with Crippen molar-refractivity contribution in [2.75, 3.05) is 44.6 Å². The normalized spacial score (nSPS) is 15.6. The first-order chi connectivity index (χ1) is 12.5. The molecule has 7 heteroatoms. The Morgan fingerprint density at radius 2 is 1.96 bits per heavy atom. The molecule has 1 aliphatic rings. The summed E-state index contributed by atoms with van der Waals surface area (Å²) in [6.45, 7) is 7.78. The standard InChI is InChI=1S/C19H28FN3O3/c1-15(2)14-26-19(25)23-10-5-9-22(12-13-23)11-8-18(24)21-17-7-4-3-6-16(17)20/h3-4,6-7,15H,5,8-14H2,1-2H3,(H,21,24). The van der Waals surface area contributed by atoms with E-state index < -0.39 is 5.82 Å². The van der Waals surface area contributed by atoms with Gasteiger partial charge in [0.15, 0.2) is 0 Å². The van der Waals surface area contributed by atoms with Crippen LogP contribution >= 0.6 is 0 Å². The van der Waals surface area contributed by atoms with Gasteiger partial charge in [0, 0.05) is 32.6 Å². The number of hydrogen-bond acceptors (Lipinski definition) is 4. The van der Waals surface area contributed by atoms with Gasteiger partial charge in [-0.15, -0.1) is 0 Å². The largest absolute Gasteiger partial charge is 0.449 e. The van der Waals surface area contributed by atoms with Gasteiger partial charge in [0.2, 0.25) is 5.91 Å². The third-order valence-corrected chi connectivity index (χ3v) is 4.19. The van der Waals surface area contributed by atoms with Gasteiger partial charge in [0.25, 0.3) is 0 Å². The van der Waals surface area contributed by atoms with Crippen molar-refractivity contribution >= 4 is 17.7 Å². The second kappa shape index (κ2) is 10.1. The van der Waals surface area contributed by atoms with E-state index in [1.807, 2.05) is 13.8 Å². The Kier molecular flexibility index (Phi) is 7.84. The number of carbonyl (C=O) groups excluding carboxylic acids is 2. The monoisotopic (exact) mass is 365 g/mol. The molecule has 0 aliphatic carbocycles. The van der Waals surface area contributed by atoms with Crippen molar-refractivity contribution in [2.45, 2.75) is 26.7 Å². The lowest BCUT2D eigenvalue weighted by Crippen LogP contribution is -2.36. The minimum absolute atomic E-state index is 0.201. The van der Waals surface area contributed by atoms with Crippen LogP contribution in [0.5, 0.6) is 0 Å². The van der Waals surface area contributed by atoms with Crippen LogP contribution in [-0.4, -0.2) is 61.1 Å². The van der Waals surface area contributed by atoms with Crippen LogP contribution in [-0.2, 0) is 9.53 Å². The van der Waals surface area contributed by atoms with Crippen LogP contribution in [0.4, 0.5) is 14.9 Å². The average Bonchev–Trinajstić information content (AvgIpc) is 2.85. The minimum atomic E-state index is -0.439. The number of amides is 2. The molecule has 1 aliphatic heterocycles. The molecule has 0 spiro atoms. The second-order valence-electron chi connectivity index (χ2n) is 6.93. The predicted molar refractivity (Wildman–Crippen MR) is 98.5 cm³/mol. The maximum Gasteiger partial charge on any atom is 0.409 e. The highest BCUT2D eigenvalue weighted by molar-refractivity contribution is 5.90. The number of benzene rings is 1. The summed E-state index contributed by atoms with van der Waals surface area (Å²) in [4.78, 5) is 27.9. The molecule has 0 unspecified atom stereocenters. The van der Waals surface area contributed by atoms with Gasteiger partial charge in [-0.2, -0.15) is 0 Å². The van der Waals surface area contributed by atoms with Crippen molar-refractivity contribution in [3.8, 4) is 0 Å². The van der Waals surface area contributed by atoms with E-state index in [2.05, 4.69) is 10.2 Å². The average molecular weight is 365 g/mol. The first-order valence-electron chi connectivity index (χ1n) is 9.14. The Labute approximate surface area is 154 Å². The molecule has 0 atom stereocenters. The maximum absolute atomic E-state index is 13.6. The van der Waals surface area contributed by atoms with E-state index in [1.54, 1.807) is 23.1 Å². The zero-order valence-corrected chi connectivity index (χ0v) is 15.5. The lowest BCUT2D eigenvalue weighted by Gasteiger charge is -2.22. The smallest absolute Gasteiger partial charge is 0.409 e. The van der Waals surface area contributed by atoms with E-state index in [9.17, 15) is 14.0 Å². The summed E-state index contributed by atoms with van der Waals surface area (Å²) in [5.74, 6) is -0.339. The molecule has 0 saturated carbocycles. The van der Waals surface area contributed by atoms with Crippen molar-refractivity contribution in [3.05, 3.63) is 30.1 Å². The Bertz CT molecular complexity index is 609. The van der Waals surface area contributed by atoms with Crippen LogP contribution in [0, 0.1) is 11.7 Å². The molecule has 0 radical (unpaired) electrons. The van der Waals surface area contributed by atoms with Crippen molar-refractivity contribution in [3.63, 3.8) is 0 Å². The van der Waals surface area contributed by atoms with E-state index in [1.165, 1.54) is 6.07 Å². The number of nitrogens with zero attached hydrogens (tertiary/aromatic N) is 2. The third kappa shape index (κ3) is 6.63. The second-order valence-corrected chi connectivity index (χ2v) is 6.93. The van der Waals surface area contributed by atoms with Crippen molar-refractivity contribution < 1.29 is 18.7 Å². The van der Waals surface area contributed by atoms with Gasteiger partial charge in [-0.05, 0) is 31.0 Å². The summed E-state index contributed by atoms with van der Waals surface area (Å²) in [7, 11) is 0. The molecule has 0 bridgehead atoms. The quantitative estimate of drug-likeness (QED) is 0.842. The van der Waals surface area contributed by atoms with E-state index in [4.69, 9.17) is 4.74 Å². The van der Waals surface area contributed by atoms with Gasteiger partial charge in [0.1, 0.15) is 5.82 Å². The SMILES string of the molecule is CC(C)COC(=O)N1CCCN(CCC(=O)Nc2ccccc2F)CC1. The number of halogens is 1. The third-order valence-electron chi connectivity index (χ3n) is 4.19. The first kappa shape index (κ1) is 20.2. The summed E-state index contributed by atoms with van der Waals surface area (Å²) in [6, 6.07) is 6.12. The fourth-order valence-electron chi connectivity index (χ4n) is 2.74. The van der Waals surface area contributed by atoms with Gasteiger partial charge < -0.3 is 19.9 Å². The van der Waals surface area contributed by atoms with E-state index >= 15 is 0 Å². The van der Waals surface area contributed by atoms with Gasteiger partial charge in [0.05, 0.1) is 12.3 Å². The molecule has 2 amide bonds. The molecular formula is C19H28FN3O3. The van der Waals surface area contributed by atoms with Crippen molar-refractivity contribution in [1.82, 2.24) is 9.80 Å². The van der Waals surface area contributed by atoms with Crippen molar-refractivity contribution in [2.24, 2.45) is 5.92 Å². The maximum atomic E-state index is 13.6. The van der Waals surface area contributed by atoms with Crippen LogP contribution in [0.15, 0.2) is 24.3 Å². The number of carbonyl (C=O) groups is 2. The van der Waals surface area contributed by atoms with Gasteiger partial charge >= 0.3 is 6.09 Å². The number of hydrogen-bond donors (Lipinski definition) is 1. The highest BCUT2D eigenvalue weighted by Gasteiger charge is 2.20. The summed E-state index contributed by atoms with van der Waals surface area (Å²) in [5, 5.41) is 2.59.